The molecule has 0 aliphatic heterocycles. The van der Waals surface area contributed by atoms with Crippen molar-refractivity contribution in [2.24, 2.45) is 5.73 Å². The second-order valence-corrected chi connectivity index (χ2v) is 5.86. The monoisotopic (exact) mass is 265 g/mol. The number of nitrogens with two attached hydrogens (primary N) is 1. The highest BCUT2D eigenvalue weighted by Crippen LogP contribution is 2.29. The summed E-state index contributed by atoms with van der Waals surface area (Å²) in [5.41, 5.74) is 6.96. The van der Waals surface area contributed by atoms with Gasteiger partial charge in [0.15, 0.2) is 4.34 Å². The van der Waals surface area contributed by atoms with Crippen molar-refractivity contribution >= 4 is 23.3 Å². The van der Waals surface area contributed by atoms with Gasteiger partial charge in [-0.25, -0.2) is 4.98 Å². The number of nitrogens with zero attached hydrogens (tertiary/aromatic N) is 2. The minimum absolute atomic E-state index is 0.0854. The minimum Gasteiger partial charge on any atom is -0.324 e. The Morgan fingerprint density at radius 3 is 2.59 bits per heavy atom. The summed E-state index contributed by atoms with van der Waals surface area (Å²) in [7, 11) is 0. The summed E-state index contributed by atoms with van der Waals surface area (Å²) in [5.74, 6) is 0.921. The van der Waals surface area contributed by atoms with E-state index in [2.05, 4.69) is 40.5 Å². The number of aromatic nitrogens is 2. The second-order valence-electron chi connectivity index (χ2n) is 3.79. The molecule has 3 nitrogen and oxygen atoms in total. The van der Waals surface area contributed by atoms with E-state index in [-0.39, 0.29) is 6.04 Å². The Kier molecular flexibility index (Phi) is 4.15. The van der Waals surface area contributed by atoms with Crippen LogP contribution in [0.3, 0.4) is 0 Å². The zero-order valence-corrected chi connectivity index (χ0v) is 11.5. The van der Waals surface area contributed by atoms with E-state index in [1.54, 1.807) is 11.8 Å². The first kappa shape index (κ1) is 12.5. The highest BCUT2D eigenvalue weighted by Gasteiger charge is 2.05. The van der Waals surface area contributed by atoms with E-state index in [9.17, 15) is 0 Å². The van der Waals surface area contributed by atoms with Gasteiger partial charge in [0.25, 0.3) is 0 Å². The van der Waals surface area contributed by atoms with Gasteiger partial charge in [0.2, 0.25) is 0 Å². The highest BCUT2D eigenvalue weighted by molar-refractivity contribution is 8.01. The van der Waals surface area contributed by atoms with Gasteiger partial charge in [-0.15, -0.1) is 0 Å². The van der Waals surface area contributed by atoms with Crippen LogP contribution in [-0.2, 0) is 6.42 Å². The predicted octanol–water partition coefficient (Wildman–Crippen LogP) is 3.27. The molecule has 2 rings (SSSR count). The molecule has 17 heavy (non-hydrogen) atoms. The van der Waals surface area contributed by atoms with Gasteiger partial charge in [0.1, 0.15) is 5.82 Å². The van der Waals surface area contributed by atoms with Gasteiger partial charge in [-0.05, 0) is 36.2 Å². The van der Waals surface area contributed by atoms with Crippen molar-refractivity contribution < 1.29 is 0 Å². The molecule has 0 aliphatic carbocycles. The van der Waals surface area contributed by atoms with Crippen molar-refractivity contribution in [1.29, 1.82) is 0 Å². The smallest absolute Gasteiger partial charge is 0.174 e. The van der Waals surface area contributed by atoms with E-state index in [0.717, 1.165) is 22.1 Å². The molecule has 1 aromatic carbocycles. The normalized spacial score (nSPS) is 12.6. The van der Waals surface area contributed by atoms with Crippen LogP contribution in [0.2, 0.25) is 0 Å². The number of hydrogen-bond donors (Lipinski definition) is 1. The third kappa shape index (κ3) is 3.28. The van der Waals surface area contributed by atoms with Crippen molar-refractivity contribution in [3.8, 4) is 0 Å². The minimum atomic E-state index is 0.0854. The Morgan fingerprint density at radius 1 is 1.35 bits per heavy atom. The van der Waals surface area contributed by atoms with E-state index in [1.165, 1.54) is 16.4 Å². The average Bonchev–Trinajstić information content (AvgIpc) is 2.77. The molecular formula is C12H15N3S2. The standard InChI is InChI=1S/C12H15N3S2/c1-3-11-14-12(17-15-11)16-10-6-4-9(5-7-10)8(2)13/h4-8H,3,13H2,1-2H3/t8-/m0/s1. The Bertz CT molecular complexity index is 477. The summed E-state index contributed by atoms with van der Waals surface area (Å²) in [6.07, 6.45) is 0.890. The van der Waals surface area contributed by atoms with E-state index >= 15 is 0 Å². The lowest BCUT2D eigenvalue weighted by molar-refractivity contribution is 0.817. The molecule has 90 valence electrons. The van der Waals surface area contributed by atoms with Crippen molar-refractivity contribution in [2.75, 3.05) is 0 Å². The van der Waals surface area contributed by atoms with Gasteiger partial charge in [0.05, 0.1) is 0 Å². The molecule has 0 aliphatic rings. The Hall–Kier alpha value is -0.910. The summed E-state index contributed by atoms with van der Waals surface area (Å²) in [6.45, 7) is 4.05. The van der Waals surface area contributed by atoms with Crippen LogP contribution in [0.1, 0.15) is 31.3 Å². The van der Waals surface area contributed by atoms with Crippen molar-refractivity contribution in [3.05, 3.63) is 35.7 Å². The molecule has 5 heteroatoms. The molecule has 2 aromatic rings. The predicted molar refractivity (Wildman–Crippen MR) is 72.5 cm³/mol. The maximum absolute atomic E-state index is 5.81. The van der Waals surface area contributed by atoms with Crippen LogP contribution in [0.25, 0.3) is 0 Å². The fourth-order valence-corrected chi connectivity index (χ4v) is 3.04. The van der Waals surface area contributed by atoms with E-state index < -0.39 is 0 Å². The van der Waals surface area contributed by atoms with Gasteiger partial charge < -0.3 is 5.73 Å². The van der Waals surface area contributed by atoms with Gasteiger partial charge in [0, 0.05) is 17.4 Å². The first-order chi connectivity index (χ1) is 8.19. The molecule has 0 unspecified atom stereocenters. The fraction of sp³-hybridized carbons (Fsp3) is 0.333. The maximum atomic E-state index is 5.81. The first-order valence-corrected chi connectivity index (χ1v) is 7.14. The van der Waals surface area contributed by atoms with Gasteiger partial charge in [-0.3, -0.25) is 0 Å². The molecule has 0 saturated heterocycles. The van der Waals surface area contributed by atoms with Crippen LogP contribution < -0.4 is 5.73 Å². The average molecular weight is 265 g/mol. The molecule has 2 N–H and O–H groups in total. The van der Waals surface area contributed by atoms with E-state index in [1.807, 2.05) is 6.92 Å². The lowest BCUT2D eigenvalue weighted by atomic mass is 10.1. The van der Waals surface area contributed by atoms with Crippen LogP contribution in [0.4, 0.5) is 0 Å². The molecule has 0 spiro atoms. The summed E-state index contributed by atoms with van der Waals surface area (Å²) >= 11 is 3.10. The molecular weight excluding hydrogens is 250 g/mol. The quantitative estimate of drug-likeness (QED) is 0.921. The molecule has 0 saturated carbocycles. The molecule has 0 radical (unpaired) electrons. The van der Waals surface area contributed by atoms with Crippen LogP contribution >= 0.6 is 23.3 Å². The van der Waals surface area contributed by atoms with Crippen LogP contribution in [0.15, 0.2) is 33.5 Å². The van der Waals surface area contributed by atoms with Gasteiger partial charge in [-0.2, -0.15) is 4.37 Å². The van der Waals surface area contributed by atoms with Crippen molar-refractivity contribution in [2.45, 2.75) is 35.5 Å². The summed E-state index contributed by atoms with van der Waals surface area (Å²) in [6, 6.07) is 8.37. The lowest BCUT2D eigenvalue weighted by Crippen LogP contribution is -2.04. The summed E-state index contributed by atoms with van der Waals surface area (Å²) in [4.78, 5) is 5.60. The Balaban J connectivity index is 2.08. The summed E-state index contributed by atoms with van der Waals surface area (Å²) < 4.78 is 5.26. The SMILES string of the molecule is CCc1nsc(Sc2ccc([C@H](C)N)cc2)n1. The molecule has 1 heterocycles. The lowest BCUT2D eigenvalue weighted by Gasteiger charge is -2.05. The van der Waals surface area contributed by atoms with Crippen molar-refractivity contribution in [1.82, 2.24) is 9.36 Å². The maximum Gasteiger partial charge on any atom is 0.174 e. The molecule has 0 fully saturated rings. The third-order valence-corrected chi connectivity index (χ3v) is 4.17. The summed E-state index contributed by atoms with van der Waals surface area (Å²) in [5, 5.41) is 0. The highest BCUT2D eigenvalue weighted by atomic mass is 32.2. The van der Waals surface area contributed by atoms with E-state index in [4.69, 9.17) is 5.73 Å². The van der Waals surface area contributed by atoms with Crippen LogP contribution in [0.5, 0.6) is 0 Å². The molecule has 0 amide bonds. The zero-order chi connectivity index (χ0) is 12.3. The van der Waals surface area contributed by atoms with Crippen LogP contribution in [-0.4, -0.2) is 9.36 Å². The largest absolute Gasteiger partial charge is 0.324 e. The first-order valence-electron chi connectivity index (χ1n) is 5.55. The van der Waals surface area contributed by atoms with Gasteiger partial charge in [-0.1, -0.05) is 30.8 Å². The number of benzene rings is 1. The second kappa shape index (κ2) is 5.62. The Labute approximate surface area is 110 Å². The number of aryl methyl sites for hydroxylation is 1. The Morgan fingerprint density at radius 2 is 2.06 bits per heavy atom. The fourth-order valence-electron chi connectivity index (χ4n) is 1.36. The van der Waals surface area contributed by atoms with Crippen LogP contribution in [0, 0.1) is 0 Å². The van der Waals surface area contributed by atoms with Crippen molar-refractivity contribution in [3.63, 3.8) is 0 Å². The molecule has 1 aromatic heterocycles. The van der Waals surface area contributed by atoms with Gasteiger partial charge >= 0.3 is 0 Å². The number of rotatable bonds is 4. The third-order valence-electron chi connectivity index (χ3n) is 2.38. The zero-order valence-electron chi connectivity index (χ0n) is 9.88. The molecule has 1 atom stereocenters. The van der Waals surface area contributed by atoms with E-state index in [0.29, 0.717) is 0 Å². The number of hydrogen-bond acceptors (Lipinski definition) is 5. The molecule has 0 bridgehead atoms. The topological polar surface area (TPSA) is 51.8 Å².